The van der Waals surface area contributed by atoms with E-state index in [1.54, 1.807) is 0 Å². The van der Waals surface area contributed by atoms with Crippen molar-refractivity contribution in [1.29, 1.82) is 0 Å². The number of benzene rings is 1. The lowest BCUT2D eigenvalue weighted by Crippen LogP contribution is -2.35. The van der Waals surface area contributed by atoms with Crippen molar-refractivity contribution < 1.29 is 23.9 Å². The molecule has 1 heterocycles. The Morgan fingerprint density at radius 1 is 1.28 bits per heavy atom. The third-order valence-corrected chi connectivity index (χ3v) is 5.77. The second-order valence-electron chi connectivity index (χ2n) is 7.09. The van der Waals surface area contributed by atoms with Crippen molar-refractivity contribution in [2.75, 3.05) is 11.9 Å². The molecule has 1 aliphatic heterocycles. The number of nitrogens with one attached hydrogen (secondary N) is 1. The van der Waals surface area contributed by atoms with Crippen LogP contribution in [0.3, 0.4) is 0 Å². The van der Waals surface area contributed by atoms with Crippen LogP contribution in [-0.2, 0) is 30.3 Å². The topological polar surface area (TPSA) is 81.7 Å². The zero-order chi connectivity index (χ0) is 17.6. The van der Waals surface area contributed by atoms with Crippen LogP contribution in [0.2, 0.25) is 0 Å². The first-order valence-corrected chi connectivity index (χ1v) is 8.83. The van der Waals surface area contributed by atoms with Crippen LogP contribution in [0.4, 0.5) is 5.69 Å². The Kier molecular flexibility index (Phi) is 3.98. The Balaban J connectivity index is 1.35. The number of hydrogen-bond acceptors (Lipinski definition) is 5. The summed E-state index contributed by atoms with van der Waals surface area (Å²) in [5, 5.41) is 2.78. The van der Waals surface area contributed by atoms with E-state index in [0.717, 1.165) is 30.5 Å². The SMILES string of the molecule is CCc1ccccc1NC(=O)COC(=O)[C@@H]1[C@@H]2C[C@@H]3[C@H]1C(=O)O[C@H]3C2. The number of carbonyl (C=O) groups is 3. The summed E-state index contributed by atoms with van der Waals surface area (Å²) in [4.78, 5) is 36.5. The van der Waals surface area contributed by atoms with Gasteiger partial charge in [-0.05, 0) is 36.8 Å². The molecule has 1 aromatic carbocycles. The van der Waals surface area contributed by atoms with Crippen LogP contribution >= 0.6 is 0 Å². The van der Waals surface area contributed by atoms with Crippen LogP contribution in [0.5, 0.6) is 0 Å². The molecule has 2 aliphatic carbocycles. The zero-order valence-corrected chi connectivity index (χ0v) is 14.1. The standard InChI is InChI=1S/C19H21NO5/c1-2-10-5-3-4-6-13(10)20-15(21)9-24-18(22)16-11-7-12-14(8-11)25-19(23)17(12)16/h3-6,11-12,14,16-17H,2,7-9H2,1H3,(H,20,21)/t11-,12+,14+,16-,17-/m1/s1. The summed E-state index contributed by atoms with van der Waals surface area (Å²) in [5.41, 5.74) is 1.75. The maximum Gasteiger partial charge on any atom is 0.310 e. The Bertz CT molecular complexity index is 728. The molecule has 5 atom stereocenters. The van der Waals surface area contributed by atoms with Crippen molar-refractivity contribution in [1.82, 2.24) is 0 Å². The van der Waals surface area contributed by atoms with Crippen molar-refractivity contribution in [3.63, 3.8) is 0 Å². The lowest BCUT2D eigenvalue weighted by Gasteiger charge is -2.22. The molecule has 6 heteroatoms. The summed E-state index contributed by atoms with van der Waals surface area (Å²) in [6.07, 6.45) is 2.37. The predicted octanol–water partition coefficient (Wildman–Crippen LogP) is 1.93. The van der Waals surface area contributed by atoms with Crippen LogP contribution in [0, 0.1) is 23.7 Å². The van der Waals surface area contributed by atoms with Crippen molar-refractivity contribution in [3.8, 4) is 0 Å². The Morgan fingerprint density at radius 2 is 2.08 bits per heavy atom. The molecule has 1 amide bonds. The summed E-state index contributed by atoms with van der Waals surface area (Å²) >= 11 is 0. The Morgan fingerprint density at radius 3 is 2.88 bits per heavy atom. The van der Waals surface area contributed by atoms with Crippen molar-refractivity contribution in [2.24, 2.45) is 23.7 Å². The van der Waals surface area contributed by atoms with E-state index in [-0.39, 0.29) is 42.3 Å². The molecule has 1 aromatic rings. The van der Waals surface area contributed by atoms with E-state index in [4.69, 9.17) is 9.47 Å². The van der Waals surface area contributed by atoms with Gasteiger partial charge in [0.2, 0.25) is 0 Å². The highest BCUT2D eigenvalue weighted by atomic mass is 16.6. The number of aryl methyl sites for hydroxylation is 1. The molecule has 1 saturated heterocycles. The van der Waals surface area contributed by atoms with Crippen molar-refractivity contribution in [3.05, 3.63) is 29.8 Å². The molecule has 6 nitrogen and oxygen atoms in total. The summed E-state index contributed by atoms with van der Waals surface area (Å²) in [7, 11) is 0. The highest BCUT2D eigenvalue weighted by Crippen LogP contribution is 2.57. The van der Waals surface area contributed by atoms with Gasteiger partial charge in [0.1, 0.15) is 6.10 Å². The average molecular weight is 343 g/mol. The van der Waals surface area contributed by atoms with E-state index in [9.17, 15) is 14.4 Å². The molecular weight excluding hydrogens is 322 g/mol. The van der Waals surface area contributed by atoms with Gasteiger partial charge in [-0.25, -0.2) is 0 Å². The molecule has 0 unspecified atom stereocenters. The molecule has 2 saturated carbocycles. The monoisotopic (exact) mass is 343 g/mol. The molecule has 0 spiro atoms. The Hall–Kier alpha value is -2.37. The molecule has 3 fully saturated rings. The van der Waals surface area contributed by atoms with E-state index in [1.165, 1.54) is 0 Å². The normalized spacial score (nSPS) is 31.7. The maximum absolute atomic E-state index is 12.4. The number of anilines is 1. The highest BCUT2D eigenvalue weighted by Gasteiger charge is 2.64. The second kappa shape index (κ2) is 6.17. The van der Waals surface area contributed by atoms with Gasteiger partial charge in [0.25, 0.3) is 5.91 Å². The minimum Gasteiger partial charge on any atom is -0.462 e. The predicted molar refractivity (Wildman–Crippen MR) is 88.5 cm³/mol. The van der Waals surface area contributed by atoms with E-state index in [2.05, 4.69) is 5.32 Å². The number of esters is 2. The number of para-hydroxylation sites is 1. The first-order chi connectivity index (χ1) is 12.1. The minimum absolute atomic E-state index is 0.0135. The van der Waals surface area contributed by atoms with Gasteiger partial charge >= 0.3 is 11.9 Å². The average Bonchev–Trinajstić information content (AvgIpc) is 3.22. The van der Waals surface area contributed by atoms with Crippen LogP contribution in [0.25, 0.3) is 0 Å². The molecule has 0 radical (unpaired) electrons. The maximum atomic E-state index is 12.4. The summed E-state index contributed by atoms with van der Waals surface area (Å²) in [5.74, 6) is -1.63. The quantitative estimate of drug-likeness (QED) is 0.826. The van der Waals surface area contributed by atoms with Crippen LogP contribution in [0.15, 0.2) is 24.3 Å². The lowest BCUT2D eigenvalue weighted by molar-refractivity contribution is -0.157. The molecule has 3 aliphatic rings. The largest absolute Gasteiger partial charge is 0.462 e. The van der Waals surface area contributed by atoms with E-state index >= 15 is 0 Å². The lowest BCUT2D eigenvalue weighted by atomic mass is 9.80. The molecule has 25 heavy (non-hydrogen) atoms. The number of rotatable bonds is 5. The molecule has 132 valence electrons. The van der Waals surface area contributed by atoms with Crippen molar-refractivity contribution >= 4 is 23.5 Å². The van der Waals surface area contributed by atoms with Gasteiger partial charge < -0.3 is 14.8 Å². The summed E-state index contributed by atoms with van der Waals surface area (Å²) in [6.45, 7) is 1.67. The van der Waals surface area contributed by atoms with Gasteiger partial charge in [-0.15, -0.1) is 0 Å². The number of carbonyl (C=O) groups excluding carboxylic acids is 3. The number of fused-ring (bicyclic) bond motifs is 1. The van der Waals surface area contributed by atoms with E-state index in [1.807, 2.05) is 31.2 Å². The smallest absolute Gasteiger partial charge is 0.310 e. The van der Waals surface area contributed by atoms with Crippen LogP contribution in [-0.4, -0.2) is 30.6 Å². The van der Waals surface area contributed by atoms with E-state index in [0.29, 0.717) is 0 Å². The van der Waals surface area contributed by atoms with Gasteiger partial charge in [-0.3, -0.25) is 14.4 Å². The van der Waals surface area contributed by atoms with Crippen LogP contribution in [0.1, 0.15) is 25.3 Å². The van der Waals surface area contributed by atoms with Gasteiger partial charge in [0.15, 0.2) is 6.61 Å². The molecule has 0 aromatic heterocycles. The fourth-order valence-electron chi connectivity index (χ4n) is 4.69. The third-order valence-electron chi connectivity index (χ3n) is 5.77. The fraction of sp³-hybridized carbons (Fsp3) is 0.526. The number of amides is 1. The molecule has 1 N–H and O–H groups in total. The molecule has 4 rings (SSSR count). The molecule has 2 bridgehead atoms. The van der Waals surface area contributed by atoms with Crippen LogP contribution < -0.4 is 5.32 Å². The van der Waals surface area contributed by atoms with Gasteiger partial charge in [-0.1, -0.05) is 25.1 Å². The second-order valence-corrected chi connectivity index (χ2v) is 7.09. The zero-order valence-electron chi connectivity index (χ0n) is 14.1. The number of hydrogen-bond donors (Lipinski definition) is 1. The van der Waals surface area contributed by atoms with Crippen molar-refractivity contribution in [2.45, 2.75) is 32.3 Å². The first-order valence-electron chi connectivity index (χ1n) is 8.83. The third kappa shape index (κ3) is 2.69. The summed E-state index contributed by atoms with van der Waals surface area (Å²) < 4.78 is 10.5. The number of ether oxygens (including phenoxy) is 2. The van der Waals surface area contributed by atoms with E-state index < -0.39 is 11.9 Å². The van der Waals surface area contributed by atoms with Gasteiger partial charge in [-0.2, -0.15) is 0 Å². The fourth-order valence-corrected chi connectivity index (χ4v) is 4.69. The van der Waals surface area contributed by atoms with Gasteiger partial charge in [0.05, 0.1) is 11.8 Å². The molecular formula is C19H21NO5. The minimum atomic E-state index is -0.452. The Labute approximate surface area is 145 Å². The first kappa shape index (κ1) is 16.1. The van der Waals surface area contributed by atoms with Gasteiger partial charge in [0, 0.05) is 11.6 Å². The summed E-state index contributed by atoms with van der Waals surface area (Å²) in [6, 6.07) is 7.53. The highest BCUT2D eigenvalue weighted by molar-refractivity contribution is 5.94.